The van der Waals surface area contributed by atoms with Gasteiger partial charge in [-0.1, -0.05) is 54.6 Å². The molecule has 0 spiro atoms. The molecule has 3 amide bonds. The first kappa shape index (κ1) is 23.2. The van der Waals surface area contributed by atoms with Gasteiger partial charge in [-0.3, -0.25) is 19.3 Å². The van der Waals surface area contributed by atoms with Crippen LogP contribution in [0.2, 0.25) is 0 Å². The molecule has 6 nitrogen and oxygen atoms in total. The van der Waals surface area contributed by atoms with Crippen molar-refractivity contribution in [1.29, 1.82) is 0 Å². The maximum atomic E-state index is 12.9. The summed E-state index contributed by atoms with van der Waals surface area (Å²) in [6.07, 6.45) is 4.72. The zero-order valence-electron chi connectivity index (χ0n) is 19.3. The van der Waals surface area contributed by atoms with Crippen molar-refractivity contribution >= 4 is 45.7 Å². The number of imide groups is 1. The van der Waals surface area contributed by atoms with Crippen LogP contribution in [0.5, 0.6) is 5.75 Å². The number of hydrogen-bond acceptors (Lipinski definition) is 5. The first-order valence-corrected chi connectivity index (χ1v) is 12.6. The normalized spacial score (nSPS) is 17.4. The van der Waals surface area contributed by atoms with Crippen molar-refractivity contribution in [2.45, 2.75) is 25.9 Å². The van der Waals surface area contributed by atoms with Gasteiger partial charge in [0.05, 0.1) is 4.91 Å². The van der Waals surface area contributed by atoms with Crippen molar-refractivity contribution in [3.63, 3.8) is 0 Å². The largest absolute Gasteiger partial charge is 0.489 e. The van der Waals surface area contributed by atoms with Crippen LogP contribution in [0.4, 0.5) is 4.79 Å². The molecule has 0 atom stereocenters. The van der Waals surface area contributed by atoms with E-state index in [-0.39, 0.29) is 12.5 Å². The van der Waals surface area contributed by atoms with E-state index in [4.69, 9.17) is 4.74 Å². The standard InChI is InChI=1S/C28H26N2O4S/c31-26(29-14-4-1-5-15-29)18-30-27(32)25(35-28(30)33)17-20-8-6-12-23(16-20)34-19-22-11-7-10-21-9-2-3-13-24(21)22/h2-3,6-13,16-17H,1,4-5,14-15,18-19H2/b25-17-. The molecule has 2 saturated heterocycles. The van der Waals surface area contributed by atoms with Crippen LogP contribution in [-0.2, 0) is 16.2 Å². The van der Waals surface area contributed by atoms with E-state index in [0.717, 1.165) is 57.8 Å². The summed E-state index contributed by atoms with van der Waals surface area (Å²) < 4.78 is 6.05. The second-order valence-electron chi connectivity index (χ2n) is 8.71. The highest BCUT2D eigenvalue weighted by Crippen LogP contribution is 2.33. The molecule has 2 heterocycles. The lowest BCUT2D eigenvalue weighted by Gasteiger charge is -2.27. The van der Waals surface area contributed by atoms with E-state index in [2.05, 4.69) is 18.2 Å². The first-order valence-electron chi connectivity index (χ1n) is 11.8. The highest BCUT2D eigenvalue weighted by atomic mass is 32.2. The smallest absolute Gasteiger partial charge is 0.294 e. The van der Waals surface area contributed by atoms with E-state index in [0.29, 0.717) is 30.4 Å². The quantitative estimate of drug-likeness (QED) is 0.433. The van der Waals surface area contributed by atoms with E-state index >= 15 is 0 Å². The van der Waals surface area contributed by atoms with Crippen molar-refractivity contribution < 1.29 is 19.1 Å². The summed E-state index contributed by atoms with van der Waals surface area (Å²) in [7, 11) is 0. The average Bonchev–Trinajstić information content (AvgIpc) is 3.15. The third kappa shape index (κ3) is 5.25. The highest BCUT2D eigenvalue weighted by Gasteiger charge is 2.37. The summed E-state index contributed by atoms with van der Waals surface area (Å²) in [5, 5.41) is 1.91. The number of fused-ring (bicyclic) bond motifs is 1. The number of hydrogen-bond donors (Lipinski definition) is 0. The molecule has 7 heteroatoms. The lowest BCUT2D eigenvalue weighted by molar-refractivity contribution is -0.136. The molecule has 3 aromatic carbocycles. The number of ether oxygens (including phenoxy) is 1. The minimum atomic E-state index is -0.424. The SMILES string of the molecule is O=C(CN1C(=O)S/C(=C\c2cccc(OCc3cccc4ccccc34)c2)C1=O)N1CCCCC1. The molecular weight excluding hydrogens is 460 g/mol. The lowest BCUT2D eigenvalue weighted by atomic mass is 10.1. The Morgan fingerprint density at radius 2 is 1.71 bits per heavy atom. The number of benzene rings is 3. The third-order valence-electron chi connectivity index (χ3n) is 6.31. The van der Waals surface area contributed by atoms with Crippen LogP contribution in [0.15, 0.2) is 71.6 Å². The fraction of sp³-hybridized carbons (Fsp3) is 0.250. The van der Waals surface area contributed by atoms with Crippen molar-refractivity contribution in [3.8, 4) is 5.75 Å². The Bertz CT molecular complexity index is 1310. The molecule has 0 N–H and O–H groups in total. The topological polar surface area (TPSA) is 66.9 Å². The lowest BCUT2D eigenvalue weighted by Crippen LogP contribution is -2.44. The number of carbonyl (C=O) groups is 3. The van der Waals surface area contributed by atoms with E-state index < -0.39 is 11.1 Å². The van der Waals surface area contributed by atoms with Crippen LogP contribution in [0, 0.1) is 0 Å². The Balaban J connectivity index is 1.26. The molecule has 178 valence electrons. The zero-order chi connectivity index (χ0) is 24.2. The summed E-state index contributed by atoms with van der Waals surface area (Å²) in [5.41, 5.74) is 1.85. The summed E-state index contributed by atoms with van der Waals surface area (Å²) in [5.74, 6) is 0.0794. The van der Waals surface area contributed by atoms with Gasteiger partial charge in [0.25, 0.3) is 11.1 Å². The number of carbonyl (C=O) groups excluding carboxylic acids is 3. The average molecular weight is 487 g/mol. The Morgan fingerprint density at radius 3 is 2.57 bits per heavy atom. The van der Waals surface area contributed by atoms with Gasteiger partial charge >= 0.3 is 0 Å². The maximum Gasteiger partial charge on any atom is 0.294 e. The van der Waals surface area contributed by atoms with Gasteiger partial charge in [0.1, 0.15) is 18.9 Å². The van der Waals surface area contributed by atoms with Crippen LogP contribution in [-0.4, -0.2) is 46.5 Å². The molecule has 3 aromatic rings. The van der Waals surface area contributed by atoms with Crippen molar-refractivity contribution in [2.24, 2.45) is 0 Å². The van der Waals surface area contributed by atoms with Crippen molar-refractivity contribution in [2.75, 3.05) is 19.6 Å². The van der Waals surface area contributed by atoms with Crippen LogP contribution in [0.3, 0.4) is 0 Å². The summed E-state index contributed by atoms with van der Waals surface area (Å²) in [6.45, 7) is 1.60. The van der Waals surface area contributed by atoms with E-state index in [1.165, 1.54) is 0 Å². The zero-order valence-corrected chi connectivity index (χ0v) is 20.1. The first-order chi connectivity index (χ1) is 17.1. The van der Waals surface area contributed by atoms with E-state index in [9.17, 15) is 14.4 Å². The van der Waals surface area contributed by atoms with E-state index in [1.54, 1.807) is 11.0 Å². The van der Waals surface area contributed by atoms with Gasteiger partial charge in [0.2, 0.25) is 5.91 Å². The highest BCUT2D eigenvalue weighted by molar-refractivity contribution is 8.18. The van der Waals surface area contributed by atoms with Crippen LogP contribution >= 0.6 is 11.8 Å². The molecule has 2 aliphatic rings. The summed E-state index contributed by atoms with van der Waals surface area (Å²) in [4.78, 5) is 41.0. The predicted octanol–water partition coefficient (Wildman–Crippen LogP) is 5.47. The number of piperidine rings is 1. The minimum absolute atomic E-state index is 0.169. The molecule has 35 heavy (non-hydrogen) atoms. The van der Waals surface area contributed by atoms with Gasteiger partial charge in [-0.15, -0.1) is 0 Å². The second kappa shape index (κ2) is 10.4. The number of thioether (sulfide) groups is 1. The molecule has 0 aliphatic carbocycles. The molecule has 5 rings (SSSR count). The maximum absolute atomic E-state index is 12.9. The molecular formula is C28H26N2O4S. The number of likely N-dealkylation sites (tertiary alicyclic amines) is 1. The molecule has 2 aliphatic heterocycles. The van der Waals surface area contributed by atoms with Gasteiger partial charge in [0.15, 0.2) is 0 Å². The van der Waals surface area contributed by atoms with Crippen LogP contribution < -0.4 is 4.74 Å². The Labute approximate surface area is 208 Å². The monoisotopic (exact) mass is 486 g/mol. The number of rotatable bonds is 6. The van der Waals surface area contributed by atoms with Gasteiger partial charge in [0, 0.05) is 13.1 Å². The second-order valence-corrected chi connectivity index (χ2v) is 9.70. The van der Waals surface area contributed by atoms with Gasteiger partial charge in [-0.05, 0) is 71.1 Å². The number of amides is 3. The third-order valence-corrected chi connectivity index (χ3v) is 7.21. The molecule has 0 aromatic heterocycles. The predicted molar refractivity (Wildman–Crippen MR) is 138 cm³/mol. The van der Waals surface area contributed by atoms with Crippen LogP contribution in [0.25, 0.3) is 16.8 Å². The van der Waals surface area contributed by atoms with Crippen LogP contribution in [0.1, 0.15) is 30.4 Å². The van der Waals surface area contributed by atoms with Crippen molar-refractivity contribution in [3.05, 3.63) is 82.8 Å². The molecule has 2 fully saturated rings. The van der Waals surface area contributed by atoms with E-state index in [1.807, 2.05) is 48.5 Å². The Morgan fingerprint density at radius 1 is 0.943 bits per heavy atom. The summed E-state index contributed by atoms with van der Waals surface area (Å²) in [6, 6.07) is 21.8. The minimum Gasteiger partial charge on any atom is -0.489 e. The van der Waals surface area contributed by atoms with Crippen molar-refractivity contribution in [1.82, 2.24) is 9.80 Å². The number of nitrogens with zero attached hydrogens (tertiary/aromatic N) is 2. The molecule has 0 unspecified atom stereocenters. The molecule has 0 saturated carbocycles. The van der Waals surface area contributed by atoms with Gasteiger partial charge in [-0.25, -0.2) is 0 Å². The molecule has 0 radical (unpaired) electrons. The fourth-order valence-corrected chi connectivity index (χ4v) is 5.28. The van der Waals surface area contributed by atoms with Gasteiger partial charge < -0.3 is 9.64 Å². The Hall–Kier alpha value is -3.58. The fourth-order valence-electron chi connectivity index (χ4n) is 4.44. The van der Waals surface area contributed by atoms with Gasteiger partial charge in [-0.2, -0.15) is 0 Å². The summed E-state index contributed by atoms with van der Waals surface area (Å²) >= 11 is 0.870. The molecule has 0 bridgehead atoms. The Kier molecular flexibility index (Phi) is 6.86.